The van der Waals surface area contributed by atoms with Crippen LogP contribution in [0.2, 0.25) is 13.1 Å². The fraction of sp³-hybridized carbons (Fsp3) is 0.562. The minimum absolute atomic E-state index is 0.0960. The van der Waals surface area contributed by atoms with E-state index in [4.69, 9.17) is 0 Å². The van der Waals surface area contributed by atoms with Crippen molar-refractivity contribution in [2.24, 2.45) is 11.8 Å². The zero-order chi connectivity index (χ0) is 15.3. The Morgan fingerprint density at radius 2 is 1.86 bits per heavy atom. The summed E-state index contributed by atoms with van der Waals surface area (Å²) in [5.74, 6) is -1.37. The van der Waals surface area contributed by atoms with E-state index in [1.165, 1.54) is 0 Å². The molecule has 2 unspecified atom stereocenters. The van der Waals surface area contributed by atoms with Gasteiger partial charge in [0.2, 0.25) is 0 Å². The molecular weight excluding hydrogens is 271 g/mol. The lowest BCUT2D eigenvalue weighted by molar-refractivity contribution is 0.0779. The van der Waals surface area contributed by atoms with Crippen LogP contribution < -0.4 is 5.46 Å². The highest BCUT2D eigenvalue weighted by atomic mass is 19.2. The van der Waals surface area contributed by atoms with Crippen molar-refractivity contribution in [3.05, 3.63) is 28.8 Å². The minimum atomic E-state index is -0.972. The molecule has 0 spiro atoms. The highest BCUT2D eigenvalue weighted by molar-refractivity contribution is 6.73. The van der Waals surface area contributed by atoms with Gasteiger partial charge in [0.05, 0.1) is 5.56 Å². The van der Waals surface area contributed by atoms with Crippen LogP contribution in [0.5, 0.6) is 0 Å². The van der Waals surface area contributed by atoms with Crippen molar-refractivity contribution in [2.75, 3.05) is 13.1 Å². The average Bonchev–Trinajstić information content (AvgIpc) is 2.98. The van der Waals surface area contributed by atoms with Crippen molar-refractivity contribution in [1.82, 2.24) is 4.90 Å². The van der Waals surface area contributed by atoms with Gasteiger partial charge in [-0.2, -0.15) is 0 Å². The second-order valence-electron chi connectivity index (χ2n) is 6.72. The molecule has 5 heteroatoms. The molecule has 2 heterocycles. The van der Waals surface area contributed by atoms with Gasteiger partial charge in [-0.25, -0.2) is 8.78 Å². The van der Waals surface area contributed by atoms with E-state index in [0.717, 1.165) is 11.8 Å². The predicted octanol–water partition coefficient (Wildman–Crippen LogP) is 2.58. The molecule has 0 N–H and O–H groups in total. The van der Waals surface area contributed by atoms with Crippen LogP contribution in [0.25, 0.3) is 0 Å². The third-order valence-electron chi connectivity index (χ3n) is 5.21. The second kappa shape index (κ2) is 5.11. The number of carbonyl (C=O) groups excluding carboxylic acids is 1. The Morgan fingerprint density at radius 3 is 2.48 bits per heavy atom. The summed E-state index contributed by atoms with van der Waals surface area (Å²) in [6, 6.07) is 1.58. The Morgan fingerprint density at radius 1 is 1.24 bits per heavy atom. The first-order valence-electron chi connectivity index (χ1n) is 7.70. The van der Waals surface area contributed by atoms with Crippen molar-refractivity contribution >= 4 is 18.1 Å². The van der Waals surface area contributed by atoms with E-state index in [1.54, 1.807) is 11.0 Å². The summed E-state index contributed by atoms with van der Waals surface area (Å²) in [5, 5.41) is 0. The van der Waals surface area contributed by atoms with Gasteiger partial charge in [0.25, 0.3) is 5.91 Å². The molecule has 2 nitrogen and oxygen atoms in total. The lowest BCUT2D eigenvalue weighted by Gasteiger charge is -2.18. The molecule has 1 fully saturated rings. The molecule has 1 saturated heterocycles. The van der Waals surface area contributed by atoms with Gasteiger partial charge in [0.1, 0.15) is 0 Å². The summed E-state index contributed by atoms with van der Waals surface area (Å²) >= 11 is 0. The number of halogens is 2. The monoisotopic (exact) mass is 291 g/mol. The van der Waals surface area contributed by atoms with E-state index in [2.05, 4.69) is 13.8 Å². The Bertz CT molecular complexity index is 594. The zero-order valence-electron chi connectivity index (χ0n) is 12.7. The molecule has 1 aromatic carbocycles. The largest absolute Gasteiger partial charge is 0.338 e. The van der Waals surface area contributed by atoms with Crippen LogP contribution in [-0.2, 0) is 6.42 Å². The van der Waals surface area contributed by atoms with E-state index < -0.39 is 11.6 Å². The van der Waals surface area contributed by atoms with Crippen molar-refractivity contribution in [2.45, 2.75) is 33.4 Å². The Labute approximate surface area is 124 Å². The number of amides is 1. The van der Waals surface area contributed by atoms with Crippen molar-refractivity contribution < 1.29 is 13.6 Å². The van der Waals surface area contributed by atoms with Crippen LogP contribution in [0.15, 0.2) is 6.07 Å². The lowest BCUT2D eigenvalue weighted by atomic mass is 9.48. The second-order valence-corrected chi connectivity index (χ2v) is 6.72. The summed E-state index contributed by atoms with van der Waals surface area (Å²) in [7, 11) is 0. The van der Waals surface area contributed by atoms with Crippen molar-refractivity contribution in [3.63, 3.8) is 0 Å². The molecule has 112 valence electrons. The average molecular weight is 291 g/mol. The summed E-state index contributed by atoms with van der Waals surface area (Å²) in [6.07, 6.45) is 1.38. The van der Waals surface area contributed by atoms with Crippen LogP contribution in [0.4, 0.5) is 8.78 Å². The third-order valence-corrected chi connectivity index (χ3v) is 5.21. The standard InChI is InChI=1S/C16H20BF2NO/c1-9-7-20(8-10(9)2)16(21)12-6-13-11(4-5-17(13)3)14(18)15(12)19/h6,9-10H,4-5,7-8H2,1-3H3. The maximum absolute atomic E-state index is 14.3. The smallest absolute Gasteiger partial charge is 0.256 e. The molecule has 0 radical (unpaired) electrons. The molecule has 0 aromatic heterocycles. The number of likely N-dealkylation sites (tertiary alicyclic amines) is 1. The third kappa shape index (κ3) is 2.27. The lowest BCUT2D eigenvalue weighted by Crippen LogP contribution is -2.32. The molecule has 0 aliphatic carbocycles. The summed E-state index contributed by atoms with van der Waals surface area (Å²) < 4.78 is 28.5. The Balaban J connectivity index is 1.98. The molecule has 2 atom stereocenters. The van der Waals surface area contributed by atoms with Crippen LogP contribution in [0.1, 0.15) is 29.8 Å². The SMILES string of the molecule is CB1CCc2c1cc(C(=O)N1CC(C)C(C)C1)c(F)c2F. The Kier molecular flexibility index (Phi) is 3.54. The predicted molar refractivity (Wildman–Crippen MR) is 80.4 cm³/mol. The number of carbonyl (C=O) groups is 1. The van der Waals surface area contributed by atoms with E-state index >= 15 is 0 Å². The van der Waals surface area contributed by atoms with Gasteiger partial charge in [0.15, 0.2) is 18.3 Å². The molecule has 0 saturated carbocycles. The van der Waals surface area contributed by atoms with Crippen molar-refractivity contribution in [1.29, 1.82) is 0 Å². The zero-order valence-corrected chi connectivity index (χ0v) is 12.7. The van der Waals surface area contributed by atoms with Crippen LogP contribution in [-0.4, -0.2) is 30.6 Å². The number of hydrogen-bond acceptors (Lipinski definition) is 1. The first-order chi connectivity index (χ1) is 9.90. The maximum Gasteiger partial charge on any atom is 0.256 e. The molecule has 21 heavy (non-hydrogen) atoms. The number of rotatable bonds is 1. The highest BCUT2D eigenvalue weighted by Crippen LogP contribution is 2.27. The number of nitrogens with zero attached hydrogens (tertiary/aromatic N) is 1. The first-order valence-corrected chi connectivity index (χ1v) is 7.70. The molecule has 1 amide bonds. The van der Waals surface area contributed by atoms with Crippen LogP contribution in [0.3, 0.4) is 0 Å². The van der Waals surface area contributed by atoms with E-state index in [0.29, 0.717) is 36.9 Å². The number of benzene rings is 1. The summed E-state index contributed by atoms with van der Waals surface area (Å²) in [6.45, 7) is 7.59. The van der Waals surface area contributed by atoms with E-state index in [-0.39, 0.29) is 18.2 Å². The van der Waals surface area contributed by atoms with E-state index in [9.17, 15) is 13.6 Å². The molecule has 2 aliphatic heterocycles. The fourth-order valence-corrected chi connectivity index (χ4v) is 3.51. The van der Waals surface area contributed by atoms with Gasteiger partial charge in [-0.1, -0.05) is 38.5 Å². The molecular formula is C16H20BF2NO. The fourth-order valence-electron chi connectivity index (χ4n) is 3.51. The number of hydrogen-bond donors (Lipinski definition) is 0. The quantitative estimate of drug-likeness (QED) is 0.728. The first kappa shape index (κ1) is 14.5. The molecule has 1 aromatic rings. The normalized spacial score (nSPS) is 24.6. The maximum atomic E-state index is 14.3. The van der Waals surface area contributed by atoms with Gasteiger partial charge in [0, 0.05) is 13.1 Å². The van der Waals surface area contributed by atoms with Crippen molar-refractivity contribution in [3.8, 4) is 0 Å². The van der Waals surface area contributed by atoms with Gasteiger partial charge in [-0.05, 0) is 23.8 Å². The Hall–Kier alpha value is -1.39. The molecule has 0 bridgehead atoms. The van der Waals surface area contributed by atoms with Crippen LogP contribution >= 0.6 is 0 Å². The molecule has 3 rings (SSSR count). The number of fused-ring (bicyclic) bond motifs is 1. The van der Waals surface area contributed by atoms with Crippen LogP contribution in [0, 0.1) is 23.5 Å². The minimum Gasteiger partial charge on any atom is -0.338 e. The molecule has 2 aliphatic rings. The van der Waals surface area contributed by atoms with E-state index in [1.807, 2.05) is 6.82 Å². The summed E-state index contributed by atoms with van der Waals surface area (Å²) in [5.41, 5.74) is 1.17. The van der Waals surface area contributed by atoms with Gasteiger partial charge in [-0.3, -0.25) is 4.79 Å². The van der Waals surface area contributed by atoms with Gasteiger partial charge >= 0.3 is 0 Å². The van der Waals surface area contributed by atoms with Gasteiger partial charge < -0.3 is 4.90 Å². The summed E-state index contributed by atoms with van der Waals surface area (Å²) in [4.78, 5) is 14.2. The van der Waals surface area contributed by atoms with Gasteiger partial charge in [-0.15, -0.1) is 0 Å². The topological polar surface area (TPSA) is 20.3 Å². The highest BCUT2D eigenvalue weighted by Gasteiger charge is 2.34.